The molecule has 0 saturated carbocycles. The third-order valence-electron chi connectivity index (χ3n) is 1.79. The zero-order chi connectivity index (χ0) is 11.3. The molecule has 0 fully saturated rings. The number of halogens is 2. The average molecular weight is 213 g/mol. The summed E-state index contributed by atoms with van der Waals surface area (Å²) in [4.78, 5) is 2.64. The second kappa shape index (κ2) is 5.17. The maximum absolute atomic E-state index is 11.9. The van der Waals surface area contributed by atoms with Crippen LogP contribution in [0.3, 0.4) is 0 Å². The number of azide groups is 1. The minimum Gasteiger partial charge on any atom is -0.435 e. The quantitative estimate of drug-likeness (QED) is 0.427. The fraction of sp³-hybridized carbons (Fsp3) is 0.333. The van der Waals surface area contributed by atoms with Crippen LogP contribution in [-0.2, 0) is 0 Å². The summed E-state index contributed by atoms with van der Waals surface area (Å²) in [5, 5.41) is 3.45. The summed E-state index contributed by atoms with van der Waals surface area (Å²) in [6, 6.07) is 5.68. The number of ether oxygens (including phenoxy) is 1. The fourth-order valence-corrected chi connectivity index (χ4v) is 1.09. The number of nitrogens with zero attached hydrogens (tertiary/aromatic N) is 3. The van der Waals surface area contributed by atoms with Crippen molar-refractivity contribution in [2.75, 3.05) is 0 Å². The van der Waals surface area contributed by atoms with Gasteiger partial charge in [0.2, 0.25) is 0 Å². The van der Waals surface area contributed by atoms with E-state index in [-0.39, 0.29) is 5.75 Å². The Morgan fingerprint density at radius 2 is 2.20 bits per heavy atom. The molecular formula is C9H9F2N3O. The normalized spacial score (nSPS) is 12.0. The highest BCUT2D eigenvalue weighted by Gasteiger charge is 2.07. The molecule has 0 aliphatic heterocycles. The van der Waals surface area contributed by atoms with E-state index in [0.29, 0.717) is 5.56 Å². The first kappa shape index (κ1) is 11.3. The van der Waals surface area contributed by atoms with Crippen molar-refractivity contribution >= 4 is 0 Å². The van der Waals surface area contributed by atoms with Gasteiger partial charge < -0.3 is 4.74 Å². The maximum Gasteiger partial charge on any atom is 0.387 e. The standard InChI is InChI=1S/C9H9F2N3O/c1-6(13-14-12)7-3-2-4-8(5-7)15-9(10)11/h2-6,9H,1H3/t6-/m1/s1. The summed E-state index contributed by atoms with van der Waals surface area (Å²) in [5.74, 6) is 0.0579. The molecule has 15 heavy (non-hydrogen) atoms. The Morgan fingerprint density at radius 1 is 1.47 bits per heavy atom. The number of hydrogen-bond acceptors (Lipinski definition) is 2. The highest BCUT2D eigenvalue weighted by Crippen LogP contribution is 2.22. The third-order valence-corrected chi connectivity index (χ3v) is 1.79. The van der Waals surface area contributed by atoms with Crippen molar-refractivity contribution in [1.29, 1.82) is 0 Å². The molecule has 0 saturated heterocycles. The van der Waals surface area contributed by atoms with Gasteiger partial charge in [0.25, 0.3) is 0 Å². The van der Waals surface area contributed by atoms with Gasteiger partial charge in [-0.15, -0.1) is 0 Å². The molecule has 4 nitrogen and oxygen atoms in total. The van der Waals surface area contributed by atoms with Crippen LogP contribution in [0.4, 0.5) is 8.78 Å². The minimum absolute atomic E-state index is 0.0579. The van der Waals surface area contributed by atoms with Gasteiger partial charge in [-0.05, 0) is 23.2 Å². The molecule has 80 valence electrons. The lowest BCUT2D eigenvalue weighted by Gasteiger charge is -2.08. The summed E-state index contributed by atoms with van der Waals surface area (Å²) < 4.78 is 28.0. The zero-order valence-electron chi connectivity index (χ0n) is 7.97. The number of alkyl halides is 2. The maximum atomic E-state index is 11.9. The van der Waals surface area contributed by atoms with E-state index in [1.54, 1.807) is 19.1 Å². The molecule has 0 heterocycles. The molecule has 1 atom stereocenters. The van der Waals surface area contributed by atoms with Crippen LogP contribution in [0.15, 0.2) is 29.4 Å². The summed E-state index contributed by atoms with van der Waals surface area (Å²) in [6.07, 6.45) is 0. The predicted molar refractivity (Wildman–Crippen MR) is 50.6 cm³/mol. The monoisotopic (exact) mass is 213 g/mol. The first-order valence-electron chi connectivity index (χ1n) is 4.22. The van der Waals surface area contributed by atoms with Crippen molar-refractivity contribution in [2.24, 2.45) is 5.11 Å². The van der Waals surface area contributed by atoms with E-state index in [2.05, 4.69) is 14.8 Å². The van der Waals surface area contributed by atoms with Crippen LogP contribution in [0.2, 0.25) is 0 Å². The van der Waals surface area contributed by atoms with Gasteiger partial charge in [0.1, 0.15) is 5.75 Å². The molecule has 0 radical (unpaired) electrons. The van der Waals surface area contributed by atoms with Crippen LogP contribution in [0.1, 0.15) is 18.5 Å². The molecule has 1 aromatic rings. The first-order valence-corrected chi connectivity index (χ1v) is 4.22. The Bertz CT molecular complexity index is 377. The van der Waals surface area contributed by atoms with Gasteiger partial charge in [0, 0.05) is 4.91 Å². The molecule has 0 unspecified atom stereocenters. The SMILES string of the molecule is C[C@@H](N=[N+]=[N-])c1cccc(OC(F)F)c1. The average Bonchev–Trinajstić information content (AvgIpc) is 2.17. The Kier molecular flexibility index (Phi) is 3.88. The fourth-order valence-electron chi connectivity index (χ4n) is 1.09. The van der Waals surface area contributed by atoms with Crippen molar-refractivity contribution in [3.63, 3.8) is 0 Å². The summed E-state index contributed by atoms with van der Waals surface area (Å²) in [6.45, 7) is -1.18. The van der Waals surface area contributed by atoms with Crippen LogP contribution in [0, 0.1) is 0 Å². The highest BCUT2D eigenvalue weighted by atomic mass is 19.3. The molecule has 0 spiro atoms. The van der Waals surface area contributed by atoms with E-state index >= 15 is 0 Å². The lowest BCUT2D eigenvalue weighted by atomic mass is 10.1. The van der Waals surface area contributed by atoms with Crippen LogP contribution in [0.5, 0.6) is 5.75 Å². The second-order valence-corrected chi connectivity index (χ2v) is 2.83. The van der Waals surface area contributed by atoms with E-state index in [0.717, 1.165) is 0 Å². The van der Waals surface area contributed by atoms with Gasteiger partial charge in [-0.2, -0.15) is 8.78 Å². The van der Waals surface area contributed by atoms with Gasteiger partial charge in [0.05, 0.1) is 6.04 Å². The minimum atomic E-state index is -2.85. The van der Waals surface area contributed by atoms with E-state index < -0.39 is 12.7 Å². The number of benzene rings is 1. The van der Waals surface area contributed by atoms with Gasteiger partial charge in [-0.3, -0.25) is 0 Å². The highest BCUT2D eigenvalue weighted by molar-refractivity contribution is 5.30. The lowest BCUT2D eigenvalue weighted by molar-refractivity contribution is -0.0498. The van der Waals surface area contributed by atoms with E-state index in [4.69, 9.17) is 5.53 Å². The van der Waals surface area contributed by atoms with Crippen molar-refractivity contribution in [1.82, 2.24) is 0 Å². The van der Waals surface area contributed by atoms with Crippen LogP contribution in [-0.4, -0.2) is 6.61 Å². The predicted octanol–water partition coefficient (Wildman–Crippen LogP) is 3.66. The van der Waals surface area contributed by atoms with Crippen LogP contribution >= 0.6 is 0 Å². The topological polar surface area (TPSA) is 58.0 Å². The largest absolute Gasteiger partial charge is 0.435 e. The van der Waals surface area contributed by atoms with E-state index in [1.807, 2.05) is 0 Å². The Balaban J connectivity index is 2.86. The first-order chi connectivity index (χ1) is 7.13. The van der Waals surface area contributed by atoms with Gasteiger partial charge >= 0.3 is 6.61 Å². The summed E-state index contributed by atoms with van der Waals surface area (Å²) >= 11 is 0. The molecule has 0 N–H and O–H groups in total. The molecule has 0 aliphatic carbocycles. The summed E-state index contributed by atoms with van der Waals surface area (Å²) in [7, 11) is 0. The lowest BCUT2D eigenvalue weighted by Crippen LogP contribution is -2.02. The summed E-state index contributed by atoms with van der Waals surface area (Å²) in [5.41, 5.74) is 8.85. The zero-order valence-corrected chi connectivity index (χ0v) is 7.97. The number of hydrogen-bond donors (Lipinski definition) is 0. The van der Waals surface area contributed by atoms with Gasteiger partial charge in [-0.25, -0.2) is 0 Å². The van der Waals surface area contributed by atoms with Crippen molar-refractivity contribution in [2.45, 2.75) is 19.6 Å². The molecule has 0 aromatic heterocycles. The van der Waals surface area contributed by atoms with Crippen molar-refractivity contribution in [3.05, 3.63) is 40.3 Å². The van der Waals surface area contributed by atoms with Gasteiger partial charge in [0.15, 0.2) is 0 Å². The molecule has 1 aromatic carbocycles. The number of rotatable bonds is 4. The van der Waals surface area contributed by atoms with Crippen molar-refractivity contribution < 1.29 is 13.5 Å². The smallest absolute Gasteiger partial charge is 0.387 e. The molecule has 0 amide bonds. The Morgan fingerprint density at radius 3 is 2.80 bits per heavy atom. The molecule has 0 bridgehead atoms. The molecule has 0 aliphatic rings. The van der Waals surface area contributed by atoms with Gasteiger partial charge in [-0.1, -0.05) is 24.2 Å². The van der Waals surface area contributed by atoms with E-state index in [1.165, 1.54) is 12.1 Å². The molecule has 6 heteroatoms. The van der Waals surface area contributed by atoms with Crippen LogP contribution < -0.4 is 4.74 Å². The van der Waals surface area contributed by atoms with Crippen molar-refractivity contribution in [3.8, 4) is 5.75 Å². The second-order valence-electron chi connectivity index (χ2n) is 2.83. The Labute approximate surface area is 85.1 Å². The molecule has 1 rings (SSSR count). The third kappa shape index (κ3) is 3.44. The van der Waals surface area contributed by atoms with E-state index in [9.17, 15) is 8.78 Å². The van der Waals surface area contributed by atoms with Crippen LogP contribution in [0.25, 0.3) is 10.4 Å². The molecular weight excluding hydrogens is 204 g/mol. The Hall–Kier alpha value is -1.81.